The summed E-state index contributed by atoms with van der Waals surface area (Å²) in [6.07, 6.45) is -0.832. The van der Waals surface area contributed by atoms with Crippen molar-refractivity contribution in [1.29, 1.82) is 0 Å². The minimum atomic E-state index is -1.01. The zero-order valence-electron chi connectivity index (χ0n) is 12.1. The minimum absolute atomic E-state index is 0.0611. The lowest BCUT2D eigenvalue weighted by molar-refractivity contribution is -0.137. The molecule has 0 aromatic rings. The second-order valence-electron chi connectivity index (χ2n) is 5.69. The number of carbonyl (C=O) groups is 3. The number of aliphatic carboxylic acids is 1. The number of Topliss-reactive ketones (excluding diaryl/α,β-unsaturated/α-hetero) is 1. The highest BCUT2D eigenvalue weighted by molar-refractivity contribution is 5.89. The molecule has 0 heterocycles. The van der Waals surface area contributed by atoms with Gasteiger partial charge in [0.15, 0.2) is 5.78 Å². The highest BCUT2D eigenvalue weighted by atomic mass is 16.6. The minimum Gasteiger partial charge on any atom is -0.481 e. The van der Waals surface area contributed by atoms with Crippen LogP contribution in [0.5, 0.6) is 0 Å². The van der Waals surface area contributed by atoms with Gasteiger partial charge in [-0.15, -0.1) is 0 Å². The standard InChI is InChI=1S/C13H23NO5/c1-8(2)11(17)9(6-7-10(15)16)14-12(18)19-13(3,4)5/h8-9H,6-7H2,1-5H3,(H,14,18)(H,15,16)/t9-/m0/s1. The van der Waals surface area contributed by atoms with Gasteiger partial charge in [0, 0.05) is 12.3 Å². The van der Waals surface area contributed by atoms with Gasteiger partial charge in [0.25, 0.3) is 0 Å². The molecule has 0 rings (SSSR count). The molecule has 0 aliphatic carbocycles. The number of carboxylic acids is 1. The second-order valence-corrected chi connectivity index (χ2v) is 5.69. The molecule has 1 atom stereocenters. The maximum Gasteiger partial charge on any atom is 0.408 e. The molecule has 0 aromatic carbocycles. The predicted molar refractivity (Wildman–Crippen MR) is 69.9 cm³/mol. The van der Waals surface area contributed by atoms with Crippen molar-refractivity contribution >= 4 is 17.8 Å². The molecule has 2 N–H and O–H groups in total. The molecule has 0 aromatic heterocycles. The monoisotopic (exact) mass is 273 g/mol. The fourth-order valence-electron chi connectivity index (χ4n) is 1.41. The Bertz CT molecular complexity index is 343. The number of carbonyl (C=O) groups excluding carboxylic acids is 2. The van der Waals surface area contributed by atoms with Gasteiger partial charge in [0.2, 0.25) is 0 Å². The SMILES string of the molecule is CC(C)C(=O)[C@H](CCC(=O)O)NC(=O)OC(C)(C)C. The molecule has 6 nitrogen and oxygen atoms in total. The van der Waals surface area contributed by atoms with E-state index in [0.29, 0.717) is 0 Å². The van der Waals surface area contributed by atoms with Crippen LogP contribution in [0, 0.1) is 5.92 Å². The molecule has 19 heavy (non-hydrogen) atoms. The van der Waals surface area contributed by atoms with E-state index in [4.69, 9.17) is 9.84 Å². The second kappa shape index (κ2) is 7.11. The van der Waals surface area contributed by atoms with Crippen molar-refractivity contribution in [2.45, 2.75) is 59.1 Å². The number of hydrogen-bond donors (Lipinski definition) is 2. The summed E-state index contributed by atoms with van der Waals surface area (Å²) in [4.78, 5) is 34.1. The summed E-state index contributed by atoms with van der Waals surface area (Å²) >= 11 is 0. The van der Waals surface area contributed by atoms with Crippen molar-refractivity contribution in [2.24, 2.45) is 5.92 Å². The van der Waals surface area contributed by atoms with E-state index in [1.807, 2.05) is 0 Å². The van der Waals surface area contributed by atoms with Gasteiger partial charge in [-0.2, -0.15) is 0 Å². The Kier molecular flexibility index (Phi) is 6.52. The molecule has 0 radical (unpaired) electrons. The average Bonchev–Trinajstić information content (AvgIpc) is 2.20. The molecule has 0 unspecified atom stereocenters. The van der Waals surface area contributed by atoms with E-state index >= 15 is 0 Å². The van der Waals surface area contributed by atoms with Crippen LogP contribution in [0.25, 0.3) is 0 Å². The Morgan fingerprint density at radius 3 is 2.11 bits per heavy atom. The van der Waals surface area contributed by atoms with Crippen LogP contribution in [0.3, 0.4) is 0 Å². The van der Waals surface area contributed by atoms with E-state index < -0.39 is 23.7 Å². The third-order valence-corrected chi connectivity index (χ3v) is 2.25. The molecule has 0 spiro atoms. The molecule has 0 bridgehead atoms. The van der Waals surface area contributed by atoms with Gasteiger partial charge in [0.1, 0.15) is 5.60 Å². The largest absolute Gasteiger partial charge is 0.481 e. The molecule has 0 aliphatic rings. The summed E-state index contributed by atoms with van der Waals surface area (Å²) in [7, 11) is 0. The third-order valence-electron chi connectivity index (χ3n) is 2.25. The fourth-order valence-corrected chi connectivity index (χ4v) is 1.41. The van der Waals surface area contributed by atoms with Crippen molar-refractivity contribution in [1.82, 2.24) is 5.32 Å². The summed E-state index contributed by atoms with van der Waals surface area (Å²) in [5.41, 5.74) is -0.664. The summed E-state index contributed by atoms with van der Waals surface area (Å²) in [5.74, 6) is -1.49. The van der Waals surface area contributed by atoms with E-state index in [-0.39, 0.29) is 24.5 Å². The lowest BCUT2D eigenvalue weighted by Crippen LogP contribution is -2.45. The zero-order valence-corrected chi connectivity index (χ0v) is 12.1. The van der Waals surface area contributed by atoms with Gasteiger partial charge in [-0.1, -0.05) is 13.8 Å². The summed E-state index contributed by atoms with van der Waals surface area (Å²) in [5, 5.41) is 11.1. The van der Waals surface area contributed by atoms with Crippen LogP contribution in [0.2, 0.25) is 0 Å². The molecular weight excluding hydrogens is 250 g/mol. The molecule has 0 fully saturated rings. The molecule has 6 heteroatoms. The first-order chi connectivity index (χ1) is 8.53. The number of ketones is 1. The van der Waals surface area contributed by atoms with Crippen molar-refractivity contribution in [2.75, 3.05) is 0 Å². The van der Waals surface area contributed by atoms with Crippen LogP contribution >= 0.6 is 0 Å². The van der Waals surface area contributed by atoms with Crippen LogP contribution in [0.4, 0.5) is 4.79 Å². The first-order valence-electron chi connectivity index (χ1n) is 6.28. The van der Waals surface area contributed by atoms with Crippen LogP contribution < -0.4 is 5.32 Å². The fraction of sp³-hybridized carbons (Fsp3) is 0.769. The van der Waals surface area contributed by atoms with Gasteiger partial charge in [-0.3, -0.25) is 9.59 Å². The quantitative estimate of drug-likeness (QED) is 0.771. The Hall–Kier alpha value is -1.59. The molecule has 1 amide bonds. The van der Waals surface area contributed by atoms with E-state index in [1.54, 1.807) is 34.6 Å². The van der Waals surface area contributed by atoms with Gasteiger partial charge >= 0.3 is 12.1 Å². The highest BCUT2D eigenvalue weighted by Crippen LogP contribution is 2.10. The first kappa shape index (κ1) is 17.4. The van der Waals surface area contributed by atoms with E-state index in [2.05, 4.69) is 5.32 Å². The van der Waals surface area contributed by atoms with Crippen molar-refractivity contribution in [3.05, 3.63) is 0 Å². The molecule has 0 saturated heterocycles. The maximum absolute atomic E-state index is 11.9. The molecular formula is C13H23NO5. The van der Waals surface area contributed by atoms with Gasteiger partial charge in [0.05, 0.1) is 6.04 Å². The van der Waals surface area contributed by atoms with Crippen molar-refractivity contribution in [3.63, 3.8) is 0 Å². The number of hydrogen-bond acceptors (Lipinski definition) is 4. The summed E-state index contributed by atoms with van der Waals surface area (Å²) < 4.78 is 5.06. The van der Waals surface area contributed by atoms with E-state index in [0.717, 1.165) is 0 Å². The Morgan fingerprint density at radius 2 is 1.74 bits per heavy atom. The van der Waals surface area contributed by atoms with Gasteiger partial charge < -0.3 is 15.2 Å². The maximum atomic E-state index is 11.9. The number of ether oxygens (including phenoxy) is 1. The van der Waals surface area contributed by atoms with Gasteiger partial charge in [-0.05, 0) is 27.2 Å². The lowest BCUT2D eigenvalue weighted by atomic mass is 9.98. The summed E-state index contributed by atoms with van der Waals surface area (Å²) in [6.45, 7) is 8.54. The Labute approximate surface area is 113 Å². The predicted octanol–water partition coefficient (Wildman–Crippen LogP) is 1.97. The molecule has 0 saturated carbocycles. The summed E-state index contributed by atoms with van der Waals surface area (Å²) in [6, 6.07) is -0.828. The lowest BCUT2D eigenvalue weighted by Gasteiger charge is -2.23. The normalized spacial score (nSPS) is 12.9. The Balaban J connectivity index is 4.62. The number of rotatable bonds is 6. The molecule has 110 valence electrons. The van der Waals surface area contributed by atoms with Gasteiger partial charge in [-0.25, -0.2) is 4.79 Å². The van der Waals surface area contributed by atoms with Crippen molar-refractivity contribution < 1.29 is 24.2 Å². The van der Waals surface area contributed by atoms with Crippen LogP contribution in [-0.4, -0.2) is 34.6 Å². The van der Waals surface area contributed by atoms with Crippen LogP contribution in [-0.2, 0) is 14.3 Å². The zero-order chi connectivity index (χ0) is 15.2. The number of carboxylic acid groups (broad SMARTS) is 1. The van der Waals surface area contributed by atoms with E-state index in [1.165, 1.54) is 0 Å². The first-order valence-corrected chi connectivity index (χ1v) is 6.28. The third kappa shape index (κ3) is 8.18. The van der Waals surface area contributed by atoms with Crippen LogP contribution in [0.15, 0.2) is 0 Å². The smallest absolute Gasteiger partial charge is 0.408 e. The average molecular weight is 273 g/mol. The topological polar surface area (TPSA) is 92.7 Å². The highest BCUT2D eigenvalue weighted by Gasteiger charge is 2.26. The number of amides is 1. The number of alkyl carbamates (subject to hydrolysis) is 1. The van der Waals surface area contributed by atoms with Crippen molar-refractivity contribution in [3.8, 4) is 0 Å². The van der Waals surface area contributed by atoms with Crippen LogP contribution in [0.1, 0.15) is 47.5 Å². The van der Waals surface area contributed by atoms with E-state index in [9.17, 15) is 14.4 Å². The Morgan fingerprint density at radius 1 is 1.21 bits per heavy atom. The molecule has 0 aliphatic heterocycles. The number of nitrogens with one attached hydrogen (secondary N) is 1.